The van der Waals surface area contributed by atoms with Crippen LogP contribution in [0.25, 0.3) is 0 Å². The van der Waals surface area contributed by atoms with Gasteiger partial charge in [-0.3, -0.25) is 4.79 Å². The third-order valence-electron chi connectivity index (χ3n) is 1.76. The summed E-state index contributed by atoms with van der Waals surface area (Å²) in [5.74, 6) is -0.0272. The van der Waals surface area contributed by atoms with Gasteiger partial charge in [-0.15, -0.1) is 0 Å². The number of amides is 1. The molecule has 1 aromatic carbocycles. The number of para-hydroxylation sites is 1. The Morgan fingerprint density at radius 2 is 1.93 bits per heavy atom. The van der Waals surface area contributed by atoms with Gasteiger partial charge < -0.3 is 4.90 Å². The van der Waals surface area contributed by atoms with Crippen LogP contribution in [0.3, 0.4) is 0 Å². The van der Waals surface area contributed by atoms with E-state index in [1.54, 1.807) is 25.2 Å². The highest BCUT2D eigenvalue weighted by molar-refractivity contribution is 14.1. The molecule has 0 fully saturated rings. The van der Waals surface area contributed by atoms with Crippen molar-refractivity contribution in [2.24, 2.45) is 0 Å². The van der Waals surface area contributed by atoms with Gasteiger partial charge in [-0.25, -0.2) is 0 Å². The molecule has 0 spiro atoms. The summed E-state index contributed by atoms with van der Waals surface area (Å²) in [5.41, 5.74) is 0.567. The first-order chi connectivity index (χ1) is 6.57. The first-order valence-electron chi connectivity index (χ1n) is 3.84. The number of hydrogen-bond donors (Lipinski definition) is 0. The molecule has 0 saturated carbocycles. The van der Waals surface area contributed by atoms with E-state index in [0.717, 1.165) is 0 Å². The van der Waals surface area contributed by atoms with Crippen LogP contribution in [0.2, 0.25) is 10.0 Å². The molecule has 1 aromatic rings. The van der Waals surface area contributed by atoms with E-state index >= 15 is 0 Å². The van der Waals surface area contributed by atoms with Gasteiger partial charge in [0.1, 0.15) is 0 Å². The summed E-state index contributed by atoms with van der Waals surface area (Å²) in [5, 5.41) is 0.969. The fourth-order valence-electron chi connectivity index (χ4n) is 1.02. The number of carbonyl (C=O) groups is 1. The smallest absolute Gasteiger partial charge is 0.236 e. The van der Waals surface area contributed by atoms with Crippen LogP contribution in [-0.4, -0.2) is 17.4 Å². The van der Waals surface area contributed by atoms with Crippen LogP contribution in [0.15, 0.2) is 18.2 Å². The third kappa shape index (κ3) is 2.52. The molecule has 5 heteroatoms. The average Bonchev–Trinajstić information content (AvgIpc) is 2.16. The summed E-state index contributed by atoms with van der Waals surface area (Å²) in [7, 11) is 1.66. The van der Waals surface area contributed by atoms with Crippen LogP contribution in [0, 0.1) is 0 Å². The van der Waals surface area contributed by atoms with Crippen LogP contribution >= 0.6 is 45.8 Å². The largest absolute Gasteiger partial charge is 0.312 e. The summed E-state index contributed by atoms with van der Waals surface area (Å²) in [6.45, 7) is 0. The Morgan fingerprint density at radius 1 is 1.43 bits per heavy atom. The monoisotopic (exact) mass is 343 g/mol. The minimum Gasteiger partial charge on any atom is -0.312 e. The quantitative estimate of drug-likeness (QED) is 0.595. The summed E-state index contributed by atoms with van der Waals surface area (Å²) < 4.78 is 0.399. The lowest BCUT2D eigenvalue weighted by atomic mass is 10.3. The molecule has 14 heavy (non-hydrogen) atoms. The first kappa shape index (κ1) is 12.1. The average molecular weight is 344 g/mol. The lowest BCUT2D eigenvalue weighted by molar-refractivity contribution is -0.115. The van der Waals surface area contributed by atoms with Gasteiger partial charge in [-0.1, -0.05) is 51.9 Å². The fraction of sp³-hybridized carbons (Fsp3) is 0.222. The summed E-state index contributed by atoms with van der Waals surface area (Å²) in [6.07, 6.45) is 0. The maximum atomic E-state index is 11.4. The van der Waals surface area contributed by atoms with Crippen molar-refractivity contribution in [1.82, 2.24) is 0 Å². The van der Waals surface area contributed by atoms with E-state index in [1.165, 1.54) is 4.90 Å². The molecule has 0 aliphatic rings. The van der Waals surface area contributed by atoms with E-state index in [-0.39, 0.29) is 5.91 Å². The minimum absolute atomic E-state index is 0.0272. The van der Waals surface area contributed by atoms with Crippen molar-refractivity contribution >= 4 is 57.4 Å². The molecule has 0 atom stereocenters. The Kier molecular flexibility index (Phi) is 4.47. The SMILES string of the molecule is CN(C(=O)CI)c1c(Cl)cccc1Cl. The van der Waals surface area contributed by atoms with E-state index in [1.807, 2.05) is 22.6 Å². The van der Waals surface area contributed by atoms with Crippen molar-refractivity contribution in [3.05, 3.63) is 28.2 Å². The number of halogens is 3. The van der Waals surface area contributed by atoms with E-state index in [4.69, 9.17) is 23.2 Å². The molecule has 2 nitrogen and oxygen atoms in total. The maximum absolute atomic E-state index is 11.4. The number of benzene rings is 1. The molecule has 0 aliphatic heterocycles. The molecule has 0 unspecified atom stereocenters. The van der Waals surface area contributed by atoms with Gasteiger partial charge >= 0.3 is 0 Å². The van der Waals surface area contributed by atoms with Crippen LogP contribution in [0.1, 0.15) is 0 Å². The predicted octanol–water partition coefficient (Wildman–Crippen LogP) is 3.39. The lowest BCUT2D eigenvalue weighted by Gasteiger charge is -2.18. The molecule has 0 heterocycles. The van der Waals surface area contributed by atoms with Gasteiger partial charge in [0.25, 0.3) is 0 Å². The highest BCUT2D eigenvalue weighted by Crippen LogP contribution is 2.32. The summed E-state index contributed by atoms with van der Waals surface area (Å²) in [4.78, 5) is 12.9. The summed E-state index contributed by atoms with van der Waals surface area (Å²) >= 11 is 13.9. The van der Waals surface area contributed by atoms with Crippen molar-refractivity contribution < 1.29 is 4.79 Å². The zero-order valence-electron chi connectivity index (χ0n) is 7.43. The zero-order chi connectivity index (χ0) is 10.7. The minimum atomic E-state index is -0.0272. The molecule has 0 aromatic heterocycles. The van der Waals surface area contributed by atoms with E-state index < -0.39 is 0 Å². The van der Waals surface area contributed by atoms with E-state index in [9.17, 15) is 4.79 Å². The molecule has 76 valence electrons. The van der Waals surface area contributed by atoms with Gasteiger partial charge in [-0.05, 0) is 12.1 Å². The Morgan fingerprint density at radius 3 is 2.36 bits per heavy atom. The van der Waals surface area contributed by atoms with Gasteiger partial charge in [0.05, 0.1) is 20.2 Å². The molecular formula is C9H8Cl2INO. The van der Waals surface area contributed by atoms with E-state index in [0.29, 0.717) is 20.2 Å². The Labute approximate surface area is 106 Å². The van der Waals surface area contributed by atoms with Crippen LogP contribution in [0.4, 0.5) is 5.69 Å². The van der Waals surface area contributed by atoms with Gasteiger partial charge in [0.15, 0.2) is 0 Å². The van der Waals surface area contributed by atoms with Crippen molar-refractivity contribution in [1.29, 1.82) is 0 Å². The molecule has 0 N–H and O–H groups in total. The zero-order valence-corrected chi connectivity index (χ0v) is 11.1. The third-order valence-corrected chi connectivity index (χ3v) is 3.02. The molecular weight excluding hydrogens is 336 g/mol. The molecule has 0 saturated heterocycles. The second kappa shape index (κ2) is 5.19. The molecule has 0 radical (unpaired) electrons. The van der Waals surface area contributed by atoms with Gasteiger partial charge in [0, 0.05) is 7.05 Å². The topological polar surface area (TPSA) is 20.3 Å². The normalized spacial score (nSPS) is 10.0. The van der Waals surface area contributed by atoms with Crippen molar-refractivity contribution in [3.8, 4) is 0 Å². The number of nitrogens with zero attached hydrogens (tertiary/aromatic N) is 1. The van der Waals surface area contributed by atoms with Crippen LogP contribution in [-0.2, 0) is 4.79 Å². The fourth-order valence-corrected chi connectivity index (χ4v) is 2.19. The number of rotatable bonds is 2. The Hall–Kier alpha value is -0.000000000000000111. The second-order valence-corrected chi connectivity index (χ2v) is 4.23. The predicted molar refractivity (Wildman–Crippen MR) is 68.8 cm³/mol. The highest BCUT2D eigenvalue weighted by atomic mass is 127. The number of carbonyl (C=O) groups excluding carboxylic acids is 1. The van der Waals surface area contributed by atoms with Gasteiger partial charge in [0.2, 0.25) is 5.91 Å². The van der Waals surface area contributed by atoms with Gasteiger partial charge in [-0.2, -0.15) is 0 Å². The van der Waals surface area contributed by atoms with Crippen molar-refractivity contribution in [2.75, 3.05) is 16.4 Å². The molecule has 1 amide bonds. The highest BCUT2D eigenvalue weighted by Gasteiger charge is 2.15. The Balaban J connectivity index is 3.11. The molecule has 0 bridgehead atoms. The van der Waals surface area contributed by atoms with Crippen molar-refractivity contribution in [3.63, 3.8) is 0 Å². The lowest BCUT2D eigenvalue weighted by Crippen LogP contribution is -2.27. The van der Waals surface area contributed by atoms with Crippen LogP contribution < -0.4 is 4.90 Å². The second-order valence-electron chi connectivity index (χ2n) is 2.66. The number of anilines is 1. The van der Waals surface area contributed by atoms with E-state index in [2.05, 4.69) is 0 Å². The number of alkyl halides is 1. The maximum Gasteiger partial charge on any atom is 0.236 e. The molecule has 1 rings (SSSR count). The Bertz CT molecular complexity index is 336. The number of hydrogen-bond acceptors (Lipinski definition) is 1. The van der Waals surface area contributed by atoms with Crippen molar-refractivity contribution in [2.45, 2.75) is 0 Å². The standard InChI is InChI=1S/C9H8Cl2INO/c1-13(8(14)5-12)9-6(10)3-2-4-7(9)11/h2-4H,5H2,1H3. The van der Waals surface area contributed by atoms with Crippen LogP contribution in [0.5, 0.6) is 0 Å². The first-order valence-corrected chi connectivity index (χ1v) is 6.12. The summed E-state index contributed by atoms with van der Waals surface area (Å²) in [6, 6.07) is 5.16. The molecule has 0 aliphatic carbocycles.